The first-order chi connectivity index (χ1) is 16.4. The molecule has 1 fully saturated rings. The van der Waals surface area contributed by atoms with E-state index in [0.29, 0.717) is 43.0 Å². The van der Waals surface area contributed by atoms with Crippen LogP contribution in [0.4, 0.5) is 14.0 Å². The van der Waals surface area contributed by atoms with E-state index in [1.165, 1.54) is 17.0 Å². The standard InChI is InChI=1S/C25H36FN5O4/c1-7-35-22(32)20-19(29(6)23(33)27-21(20)17-8-10-18(26)11-9-17)15-30-12-13-31(16(2)14-30)24(34)28-25(3,4)5/h8-11,16,21H,7,12-15H2,1-6H3,(H,27,33)(H,28,34)/t16-,21+/m0/s1. The molecule has 0 aromatic heterocycles. The minimum atomic E-state index is -0.760. The molecule has 10 heteroatoms. The van der Waals surface area contributed by atoms with Crippen LogP contribution < -0.4 is 10.6 Å². The van der Waals surface area contributed by atoms with Crippen molar-refractivity contribution in [2.75, 3.05) is 39.8 Å². The Kier molecular flexibility index (Phi) is 8.04. The second-order valence-electron chi connectivity index (χ2n) is 10.0. The van der Waals surface area contributed by atoms with E-state index in [0.717, 1.165) is 0 Å². The number of piperazine rings is 1. The summed E-state index contributed by atoms with van der Waals surface area (Å²) in [5, 5.41) is 5.84. The van der Waals surface area contributed by atoms with E-state index in [1.807, 2.05) is 27.7 Å². The fourth-order valence-electron chi connectivity index (χ4n) is 4.39. The topological polar surface area (TPSA) is 94.2 Å². The van der Waals surface area contributed by atoms with Crippen LogP contribution in [0.2, 0.25) is 0 Å². The van der Waals surface area contributed by atoms with Crippen molar-refractivity contribution in [3.05, 3.63) is 46.9 Å². The van der Waals surface area contributed by atoms with E-state index >= 15 is 0 Å². The molecule has 0 aliphatic carbocycles. The number of benzene rings is 1. The molecule has 1 aromatic carbocycles. The first-order valence-corrected chi connectivity index (χ1v) is 11.9. The summed E-state index contributed by atoms with van der Waals surface area (Å²) >= 11 is 0. The second kappa shape index (κ2) is 10.6. The van der Waals surface area contributed by atoms with E-state index in [4.69, 9.17) is 4.74 Å². The number of likely N-dealkylation sites (N-methyl/N-ethyl adjacent to an activating group) is 1. The van der Waals surface area contributed by atoms with Crippen LogP contribution in [0, 0.1) is 5.82 Å². The quantitative estimate of drug-likeness (QED) is 0.621. The summed E-state index contributed by atoms with van der Waals surface area (Å²) in [5.74, 6) is -0.933. The normalized spacial score (nSPS) is 21.6. The minimum absolute atomic E-state index is 0.0617. The number of nitrogens with zero attached hydrogens (tertiary/aromatic N) is 3. The predicted octanol–water partition coefficient (Wildman–Crippen LogP) is 2.85. The summed E-state index contributed by atoms with van der Waals surface area (Å²) in [6.45, 7) is 11.7. The van der Waals surface area contributed by atoms with Gasteiger partial charge in [-0.3, -0.25) is 9.80 Å². The van der Waals surface area contributed by atoms with Crippen molar-refractivity contribution in [2.24, 2.45) is 0 Å². The van der Waals surface area contributed by atoms with Crippen molar-refractivity contribution in [3.8, 4) is 0 Å². The molecule has 0 unspecified atom stereocenters. The molecule has 1 aromatic rings. The highest BCUT2D eigenvalue weighted by molar-refractivity contribution is 5.95. The molecule has 35 heavy (non-hydrogen) atoms. The number of halogens is 1. The first-order valence-electron chi connectivity index (χ1n) is 11.9. The highest BCUT2D eigenvalue weighted by Crippen LogP contribution is 2.32. The third-order valence-electron chi connectivity index (χ3n) is 6.10. The maximum atomic E-state index is 13.5. The van der Waals surface area contributed by atoms with Gasteiger partial charge in [-0.1, -0.05) is 12.1 Å². The van der Waals surface area contributed by atoms with Crippen LogP contribution in [0.1, 0.15) is 46.2 Å². The van der Waals surface area contributed by atoms with Gasteiger partial charge in [-0.2, -0.15) is 0 Å². The molecule has 4 amide bonds. The largest absolute Gasteiger partial charge is 0.463 e. The number of rotatable bonds is 5. The average molecular weight is 490 g/mol. The summed E-state index contributed by atoms with van der Waals surface area (Å²) in [6, 6.07) is 4.41. The van der Waals surface area contributed by atoms with Crippen molar-refractivity contribution in [1.29, 1.82) is 0 Å². The summed E-state index contributed by atoms with van der Waals surface area (Å²) in [6.07, 6.45) is 0. The Morgan fingerprint density at radius 2 is 1.86 bits per heavy atom. The zero-order valence-corrected chi connectivity index (χ0v) is 21.4. The van der Waals surface area contributed by atoms with Gasteiger partial charge in [-0.15, -0.1) is 0 Å². The van der Waals surface area contributed by atoms with Gasteiger partial charge in [0.15, 0.2) is 0 Å². The van der Waals surface area contributed by atoms with Crippen molar-refractivity contribution < 1.29 is 23.5 Å². The van der Waals surface area contributed by atoms with Gasteiger partial charge in [0.1, 0.15) is 5.82 Å². The van der Waals surface area contributed by atoms with Crippen molar-refractivity contribution >= 4 is 18.0 Å². The zero-order valence-electron chi connectivity index (χ0n) is 21.4. The SMILES string of the molecule is CCOC(=O)C1=C(CN2CCN(C(=O)NC(C)(C)C)[C@@H](C)C2)N(C)C(=O)N[C@@H]1c1ccc(F)cc1. The molecule has 2 N–H and O–H groups in total. The Labute approximate surface area is 206 Å². The Hall–Kier alpha value is -3.14. The molecular formula is C25H36FN5O4. The number of esters is 1. The van der Waals surface area contributed by atoms with Crippen LogP contribution in [0.25, 0.3) is 0 Å². The smallest absolute Gasteiger partial charge is 0.338 e. The minimum Gasteiger partial charge on any atom is -0.463 e. The molecule has 0 spiro atoms. The molecule has 2 aliphatic rings. The third-order valence-corrected chi connectivity index (χ3v) is 6.10. The average Bonchev–Trinajstić information content (AvgIpc) is 2.76. The lowest BCUT2D eigenvalue weighted by Gasteiger charge is -2.43. The number of hydrogen-bond donors (Lipinski definition) is 2. The maximum Gasteiger partial charge on any atom is 0.338 e. The molecule has 0 radical (unpaired) electrons. The van der Waals surface area contributed by atoms with Gasteiger partial charge in [0.25, 0.3) is 0 Å². The van der Waals surface area contributed by atoms with Crippen LogP contribution >= 0.6 is 0 Å². The van der Waals surface area contributed by atoms with Crippen molar-refractivity contribution in [1.82, 2.24) is 25.3 Å². The zero-order chi connectivity index (χ0) is 25.9. The number of nitrogens with one attached hydrogen (secondary N) is 2. The number of amides is 4. The Morgan fingerprint density at radius 3 is 2.43 bits per heavy atom. The lowest BCUT2D eigenvalue weighted by atomic mass is 9.94. The Balaban J connectivity index is 1.88. The maximum absolute atomic E-state index is 13.5. The third kappa shape index (κ3) is 6.30. The lowest BCUT2D eigenvalue weighted by Crippen LogP contribution is -2.59. The van der Waals surface area contributed by atoms with Crippen molar-refractivity contribution in [3.63, 3.8) is 0 Å². The van der Waals surface area contributed by atoms with E-state index in [-0.39, 0.29) is 30.2 Å². The van der Waals surface area contributed by atoms with Gasteiger partial charge in [0.2, 0.25) is 0 Å². The predicted molar refractivity (Wildman–Crippen MR) is 130 cm³/mol. The Morgan fingerprint density at radius 1 is 1.20 bits per heavy atom. The van der Waals surface area contributed by atoms with Gasteiger partial charge in [0.05, 0.1) is 18.2 Å². The van der Waals surface area contributed by atoms with Gasteiger partial charge in [0, 0.05) is 50.5 Å². The molecule has 192 valence electrons. The highest BCUT2D eigenvalue weighted by Gasteiger charge is 2.38. The van der Waals surface area contributed by atoms with Gasteiger partial charge in [-0.05, 0) is 52.3 Å². The number of urea groups is 2. The fourth-order valence-corrected chi connectivity index (χ4v) is 4.39. The number of hydrogen-bond acceptors (Lipinski definition) is 5. The van der Waals surface area contributed by atoms with Crippen LogP contribution in [0.5, 0.6) is 0 Å². The Bertz CT molecular complexity index is 989. The molecule has 0 bridgehead atoms. The summed E-state index contributed by atoms with van der Waals surface area (Å²) < 4.78 is 18.9. The number of carbonyl (C=O) groups excluding carboxylic acids is 3. The highest BCUT2D eigenvalue weighted by atomic mass is 19.1. The molecule has 9 nitrogen and oxygen atoms in total. The van der Waals surface area contributed by atoms with Crippen LogP contribution in [-0.4, -0.2) is 84.1 Å². The lowest BCUT2D eigenvalue weighted by molar-refractivity contribution is -0.139. The van der Waals surface area contributed by atoms with Crippen molar-refractivity contribution in [2.45, 2.75) is 52.2 Å². The first kappa shape index (κ1) is 26.5. The molecule has 2 aliphatic heterocycles. The monoisotopic (exact) mass is 489 g/mol. The van der Waals surface area contributed by atoms with Gasteiger partial charge < -0.3 is 20.3 Å². The molecule has 0 saturated carbocycles. The molecule has 3 rings (SSSR count). The molecular weight excluding hydrogens is 453 g/mol. The summed E-state index contributed by atoms with van der Waals surface area (Å²) in [4.78, 5) is 44.0. The second-order valence-corrected chi connectivity index (χ2v) is 10.0. The molecule has 1 saturated heterocycles. The van der Waals surface area contributed by atoms with E-state index in [1.54, 1.807) is 31.0 Å². The fraction of sp³-hybridized carbons (Fsp3) is 0.560. The van der Waals surface area contributed by atoms with E-state index < -0.39 is 17.8 Å². The molecule has 2 atom stereocenters. The van der Waals surface area contributed by atoms with E-state index in [9.17, 15) is 18.8 Å². The van der Waals surface area contributed by atoms with Crippen LogP contribution in [0.3, 0.4) is 0 Å². The van der Waals surface area contributed by atoms with E-state index in [2.05, 4.69) is 15.5 Å². The number of ether oxygens (including phenoxy) is 1. The molecule has 2 heterocycles. The van der Waals surface area contributed by atoms with Crippen LogP contribution in [0.15, 0.2) is 35.5 Å². The van der Waals surface area contributed by atoms with Gasteiger partial charge in [-0.25, -0.2) is 18.8 Å². The summed E-state index contributed by atoms with van der Waals surface area (Å²) in [7, 11) is 1.61. The summed E-state index contributed by atoms with van der Waals surface area (Å²) in [5.41, 5.74) is 1.11. The number of carbonyl (C=O) groups is 3. The van der Waals surface area contributed by atoms with Gasteiger partial charge >= 0.3 is 18.0 Å². The van der Waals surface area contributed by atoms with Crippen LogP contribution in [-0.2, 0) is 9.53 Å².